The number of ether oxygens (including phenoxy) is 1. The molecule has 0 radical (unpaired) electrons. The molecule has 1 atom stereocenters. The molecule has 1 aromatic rings. The van der Waals surface area contributed by atoms with Gasteiger partial charge >= 0.3 is 6.09 Å². The van der Waals surface area contributed by atoms with Crippen molar-refractivity contribution < 1.29 is 14.3 Å². The van der Waals surface area contributed by atoms with E-state index in [0.29, 0.717) is 18.1 Å². The number of hydrogen-bond acceptors (Lipinski definition) is 6. The van der Waals surface area contributed by atoms with Gasteiger partial charge in [0.1, 0.15) is 5.60 Å². The van der Waals surface area contributed by atoms with Crippen LogP contribution in [0.1, 0.15) is 49.8 Å². The van der Waals surface area contributed by atoms with E-state index in [2.05, 4.69) is 10.3 Å². The van der Waals surface area contributed by atoms with E-state index in [9.17, 15) is 9.59 Å². The molecule has 1 fully saturated rings. The van der Waals surface area contributed by atoms with Gasteiger partial charge in [-0.2, -0.15) is 0 Å². The minimum absolute atomic E-state index is 0.0142. The van der Waals surface area contributed by atoms with E-state index >= 15 is 0 Å². The Morgan fingerprint density at radius 3 is 2.87 bits per heavy atom. The summed E-state index contributed by atoms with van der Waals surface area (Å²) in [5, 5.41) is 5.47. The van der Waals surface area contributed by atoms with Gasteiger partial charge in [-0.1, -0.05) is 0 Å². The molecule has 0 saturated carbocycles. The molecule has 128 valence electrons. The average molecular weight is 339 g/mol. The fourth-order valence-electron chi connectivity index (χ4n) is 2.56. The molecule has 0 aromatic carbocycles. The molecule has 1 amide bonds. The lowest BCUT2D eigenvalue weighted by molar-refractivity contribution is 0.0101. The predicted molar refractivity (Wildman–Crippen MR) is 89.9 cm³/mol. The van der Waals surface area contributed by atoms with Crippen LogP contribution in [0.15, 0.2) is 11.6 Å². The number of aromatic nitrogens is 1. The zero-order valence-corrected chi connectivity index (χ0v) is 14.8. The highest BCUT2D eigenvalue weighted by Crippen LogP contribution is 2.20. The molecule has 6 nitrogen and oxygen atoms in total. The summed E-state index contributed by atoms with van der Waals surface area (Å²) in [6.07, 6.45) is 4.37. The minimum atomic E-state index is -0.493. The molecule has 1 saturated heterocycles. The van der Waals surface area contributed by atoms with Crippen LogP contribution in [0.5, 0.6) is 0 Å². The zero-order chi connectivity index (χ0) is 16.9. The summed E-state index contributed by atoms with van der Waals surface area (Å²) in [6, 6.07) is 0.0719. The summed E-state index contributed by atoms with van der Waals surface area (Å²) in [6.45, 7) is 7.16. The van der Waals surface area contributed by atoms with E-state index in [-0.39, 0.29) is 24.5 Å². The minimum Gasteiger partial charge on any atom is -0.444 e. The van der Waals surface area contributed by atoms with E-state index in [0.717, 1.165) is 19.3 Å². The molecule has 1 aliphatic heterocycles. The fraction of sp³-hybridized carbons (Fsp3) is 0.688. The molecular weight excluding hydrogens is 314 g/mol. The van der Waals surface area contributed by atoms with Gasteiger partial charge in [-0.3, -0.25) is 4.79 Å². The van der Waals surface area contributed by atoms with Gasteiger partial charge in [-0.15, -0.1) is 11.3 Å². The zero-order valence-electron chi connectivity index (χ0n) is 14.0. The van der Waals surface area contributed by atoms with Gasteiger partial charge in [-0.25, -0.2) is 9.78 Å². The Morgan fingerprint density at radius 1 is 1.43 bits per heavy atom. The van der Waals surface area contributed by atoms with Gasteiger partial charge in [0.15, 0.2) is 5.01 Å². The van der Waals surface area contributed by atoms with Crippen LogP contribution in [0.2, 0.25) is 0 Å². The van der Waals surface area contributed by atoms with Crippen molar-refractivity contribution >= 4 is 23.2 Å². The SMILES string of the molecule is CC(C)(C)OC(=O)N1CCCC[C@@H]1CNCC(=O)c1nccs1. The van der Waals surface area contributed by atoms with Crippen molar-refractivity contribution in [1.29, 1.82) is 0 Å². The van der Waals surface area contributed by atoms with Crippen LogP contribution < -0.4 is 5.32 Å². The number of hydrogen-bond donors (Lipinski definition) is 1. The van der Waals surface area contributed by atoms with E-state index in [1.807, 2.05) is 20.8 Å². The van der Waals surface area contributed by atoms with Gasteiger partial charge in [0.25, 0.3) is 0 Å². The third kappa shape index (κ3) is 5.58. The Kier molecular flexibility index (Phi) is 6.12. The number of piperidine rings is 1. The lowest BCUT2D eigenvalue weighted by Gasteiger charge is -2.36. The number of amides is 1. The number of carbonyl (C=O) groups excluding carboxylic acids is 2. The first kappa shape index (κ1) is 17.9. The van der Waals surface area contributed by atoms with E-state index in [1.54, 1.807) is 16.5 Å². The molecule has 23 heavy (non-hydrogen) atoms. The summed E-state index contributed by atoms with van der Waals surface area (Å²) in [7, 11) is 0. The van der Waals surface area contributed by atoms with Crippen molar-refractivity contribution in [2.75, 3.05) is 19.6 Å². The molecule has 2 rings (SSSR count). The van der Waals surface area contributed by atoms with Gasteiger partial charge in [0.2, 0.25) is 5.78 Å². The van der Waals surface area contributed by atoms with E-state index in [1.165, 1.54) is 11.3 Å². The second kappa shape index (κ2) is 7.88. The number of nitrogens with zero attached hydrogens (tertiary/aromatic N) is 2. The Hall–Kier alpha value is -1.47. The fourth-order valence-corrected chi connectivity index (χ4v) is 3.14. The van der Waals surface area contributed by atoms with Crippen molar-refractivity contribution in [3.63, 3.8) is 0 Å². The highest BCUT2D eigenvalue weighted by Gasteiger charge is 2.30. The summed E-state index contributed by atoms with van der Waals surface area (Å²) < 4.78 is 5.48. The third-order valence-corrected chi connectivity index (χ3v) is 4.41. The van der Waals surface area contributed by atoms with Gasteiger partial charge in [-0.05, 0) is 40.0 Å². The van der Waals surface area contributed by atoms with Crippen molar-refractivity contribution in [3.05, 3.63) is 16.6 Å². The van der Waals surface area contributed by atoms with Crippen LogP contribution in [0, 0.1) is 0 Å². The van der Waals surface area contributed by atoms with Gasteiger partial charge in [0, 0.05) is 30.7 Å². The first-order valence-electron chi connectivity index (χ1n) is 8.00. The van der Waals surface area contributed by atoms with Gasteiger partial charge in [0.05, 0.1) is 6.54 Å². The molecule has 0 spiro atoms. The second-order valence-electron chi connectivity index (χ2n) is 6.71. The van der Waals surface area contributed by atoms with Crippen LogP contribution in [0.4, 0.5) is 4.79 Å². The van der Waals surface area contributed by atoms with Crippen molar-refractivity contribution in [3.8, 4) is 0 Å². The predicted octanol–water partition coefficient (Wildman–Crippen LogP) is 2.71. The highest BCUT2D eigenvalue weighted by atomic mass is 32.1. The number of nitrogens with one attached hydrogen (secondary N) is 1. The first-order valence-corrected chi connectivity index (χ1v) is 8.88. The Balaban J connectivity index is 1.84. The molecule has 1 aliphatic rings. The molecular formula is C16H25N3O3S. The average Bonchev–Trinajstić information content (AvgIpc) is 3.00. The number of ketones is 1. The first-order chi connectivity index (χ1) is 10.9. The monoisotopic (exact) mass is 339 g/mol. The van der Waals surface area contributed by atoms with Gasteiger partial charge < -0.3 is 15.0 Å². The van der Waals surface area contributed by atoms with E-state index < -0.39 is 5.60 Å². The maximum Gasteiger partial charge on any atom is 0.410 e. The second-order valence-corrected chi connectivity index (χ2v) is 7.61. The van der Waals surface area contributed by atoms with Crippen LogP contribution >= 0.6 is 11.3 Å². The van der Waals surface area contributed by atoms with Crippen LogP contribution in [-0.2, 0) is 4.74 Å². The van der Waals surface area contributed by atoms with E-state index in [4.69, 9.17) is 4.74 Å². The molecule has 2 heterocycles. The molecule has 1 aromatic heterocycles. The third-order valence-electron chi connectivity index (χ3n) is 3.59. The number of likely N-dealkylation sites (tertiary alicyclic amines) is 1. The van der Waals surface area contributed by atoms with Crippen molar-refractivity contribution in [1.82, 2.24) is 15.2 Å². The normalized spacial score (nSPS) is 18.7. The molecule has 1 N–H and O–H groups in total. The van der Waals surface area contributed by atoms with Crippen LogP contribution in [0.3, 0.4) is 0 Å². The van der Waals surface area contributed by atoms with Crippen LogP contribution in [0.25, 0.3) is 0 Å². The summed E-state index contributed by atoms with van der Waals surface area (Å²) >= 11 is 1.34. The summed E-state index contributed by atoms with van der Waals surface area (Å²) in [4.78, 5) is 30.0. The molecule has 0 bridgehead atoms. The maximum atomic E-state index is 12.3. The molecule has 0 unspecified atom stereocenters. The Labute approximate surface area is 141 Å². The lowest BCUT2D eigenvalue weighted by atomic mass is 10.0. The lowest BCUT2D eigenvalue weighted by Crippen LogP contribution is -2.50. The number of rotatable bonds is 5. The van der Waals surface area contributed by atoms with Crippen molar-refractivity contribution in [2.45, 2.75) is 51.7 Å². The largest absolute Gasteiger partial charge is 0.444 e. The topological polar surface area (TPSA) is 71.5 Å². The Bertz CT molecular complexity index is 525. The number of thiazole rings is 1. The number of carbonyl (C=O) groups is 2. The summed E-state index contributed by atoms with van der Waals surface area (Å²) in [5.74, 6) is -0.0142. The number of Topliss-reactive ketones (excluding diaryl/α,β-unsaturated/α-hetero) is 1. The maximum absolute atomic E-state index is 12.3. The van der Waals surface area contributed by atoms with Crippen molar-refractivity contribution in [2.24, 2.45) is 0 Å². The highest BCUT2D eigenvalue weighted by molar-refractivity contribution is 7.11. The smallest absolute Gasteiger partial charge is 0.410 e. The summed E-state index contributed by atoms with van der Waals surface area (Å²) in [5.41, 5.74) is -0.493. The molecule has 0 aliphatic carbocycles. The Morgan fingerprint density at radius 2 is 2.22 bits per heavy atom. The quantitative estimate of drug-likeness (QED) is 0.835. The van der Waals surface area contributed by atoms with Crippen LogP contribution in [-0.4, -0.2) is 53.0 Å². The molecule has 7 heteroatoms. The standard InChI is InChI=1S/C16H25N3O3S/c1-16(2,3)22-15(21)19-8-5-4-6-12(19)10-17-11-13(20)14-18-7-9-23-14/h7,9,12,17H,4-6,8,10-11H2,1-3H3/t12-/m1/s1.